The first kappa shape index (κ1) is 29.2. The first-order chi connectivity index (χ1) is 20.7. The molecule has 2 aromatic heterocycles. The number of carbonyl (C=O) groups is 4. The minimum Gasteiger partial charge on any atom is -0.454 e. The van der Waals surface area contributed by atoms with E-state index in [1.807, 2.05) is 13.0 Å². The van der Waals surface area contributed by atoms with Crippen molar-refractivity contribution in [2.75, 3.05) is 17.2 Å². The summed E-state index contributed by atoms with van der Waals surface area (Å²) in [7, 11) is 0. The second-order valence-corrected chi connectivity index (χ2v) is 11.4. The molecule has 1 unspecified atom stereocenters. The summed E-state index contributed by atoms with van der Waals surface area (Å²) in [6, 6.07) is 18.4. The van der Waals surface area contributed by atoms with Crippen molar-refractivity contribution in [1.29, 1.82) is 10.5 Å². The number of anilines is 2. The van der Waals surface area contributed by atoms with Gasteiger partial charge in [-0.25, -0.2) is 14.7 Å². The van der Waals surface area contributed by atoms with Crippen LogP contribution in [0.5, 0.6) is 0 Å². The van der Waals surface area contributed by atoms with E-state index in [0.717, 1.165) is 22.2 Å². The van der Waals surface area contributed by atoms with Gasteiger partial charge in [0.15, 0.2) is 12.4 Å². The van der Waals surface area contributed by atoms with E-state index in [1.54, 1.807) is 41.1 Å². The maximum Gasteiger partial charge on any atom is 0.338 e. The molecule has 0 radical (unpaired) electrons. The molecule has 1 aliphatic rings. The molecular formula is C31H21N5O5S2. The summed E-state index contributed by atoms with van der Waals surface area (Å²) < 4.78 is 5.15. The number of ether oxygens (including phenoxy) is 1. The van der Waals surface area contributed by atoms with Gasteiger partial charge in [-0.2, -0.15) is 21.9 Å². The molecule has 2 amide bonds. The van der Waals surface area contributed by atoms with E-state index in [9.17, 15) is 29.7 Å². The molecule has 12 heteroatoms. The molecule has 1 saturated heterocycles. The Labute approximate surface area is 254 Å². The number of aromatic nitrogens is 1. The SMILES string of the molecule is Cc1ccc(C(=O)COC(=O)c2ccc(N3C(=O)CC(Sc4nc(N)c(C#N)c(-c5ccsc5)c4C#N)C3=O)cc2)cc1. The highest BCUT2D eigenvalue weighted by molar-refractivity contribution is 8.00. The Morgan fingerprint density at radius 2 is 1.72 bits per heavy atom. The van der Waals surface area contributed by atoms with Crippen molar-refractivity contribution in [2.45, 2.75) is 23.6 Å². The summed E-state index contributed by atoms with van der Waals surface area (Å²) in [5.41, 5.74) is 8.99. The van der Waals surface area contributed by atoms with Crippen molar-refractivity contribution in [3.63, 3.8) is 0 Å². The zero-order valence-electron chi connectivity index (χ0n) is 22.6. The average molecular weight is 608 g/mol. The summed E-state index contributed by atoms with van der Waals surface area (Å²) in [6.07, 6.45) is -0.158. The highest BCUT2D eigenvalue weighted by Gasteiger charge is 2.41. The molecule has 5 rings (SSSR count). The molecule has 2 aromatic carbocycles. The van der Waals surface area contributed by atoms with Gasteiger partial charge in [-0.3, -0.25) is 14.4 Å². The zero-order chi connectivity index (χ0) is 30.7. The van der Waals surface area contributed by atoms with Gasteiger partial charge in [0.2, 0.25) is 11.8 Å². The quantitative estimate of drug-likeness (QED) is 0.165. The molecule has 1 fully saturated rings. The monoisotopic (exact) mass is 607 g/mol. The highest BCUT2D eigenvalue weighted by Crippen LogP contribution is 2.40. The first-order valence-corrected chi connectivity index (χ1v) is 14.6. The smallest absolute Gasteiger partial charge is 0.338 e. The van der Waals surface area contributed by atoms with Crippen LogP contribution in [0.15, 0.2) is 70.4 Å². The number of hydrogen-bond acceptors (Lipinski definition) is 11. The van der Waals surface area contributed by atoms with Crippen LogP contribution in [0.4, 0.5) is 11.5 Å². The van der Waals surface area contributed by atoms with Gasteiger partial charge >= 0.3 is 5.97 Å². The van der Waals surface area contributed by atoms with E-state index < -0.39 is 29.6 Å². The van der Waals surface area contributed by atoms with Crippen LogP contribution in [0.1, 0.15) is 43.8 Å². The molecule has 0 bridgehead atoms. The van der Waals surface area contributed by atoms with E-state index in [0.29, 0.717) is 16.7 Å². The molecular weight excluding hydrogens is 587 g/mol. The summed E-state index contributed by atoms with van der Waals surface area (Å²) >= 11 is 2.32. The van der Waals surface area contributed by atoms with E-state index in [2.05, 4.69) is 11.1 Å². The van der Waals surface area contributed by atoms with Crippen LogP contribution in [0.25, 0.3) is 11.1 Å². The normalized spacial score (nSPS) is 14.3. The summed E-state index contributed by atoms with van der Waals surface area (Å²) in [4.78, 5) is 56.3. The third kappa shape index (κ3) is 5.88. The van der Waals surface area contributed by atoms with Crippen molar-refractivity contribution in [2.24, 2.45) is 0 Å². The molecule has 212 valence electrons. The van der Waals surface area contributed by atoms with Gasteiger partial charge in [0, 0.05) is 17.5 Å². The number of nitrogens with zero attached hydrogens (tertiary/aromatic N) is 4. The lowest BCUT2D eigenvalue weighted by Gasteiger charge is -2.16. The Morgan fingerprint density at radius 3 is 2.35 bits per heavy atom. The lowest BCUT2D eigenvalue weighted by molar-refractivity contribution is -0.121. The second kappa shape index (κ2) is 12.3. The van der Waals surface area contributed by atoms with Gasteiger partial charge in [-0.05, 0) is 53.6 Å². The van der Waals surface area contributed by atoms with Crippen molar-refractivity contribution >= 4 is 58.2 Å². The number of pyridine rings is 1. The summed E-state index contributed by atoms with van der Waals surface area (Å²) in [6.45, 7) is 1.47. The Kier molecular flexibility index (Phi) is 8.34. The molecule has 1 atom stereocenters. The number of nitrogens with two attached hydrogens (primary N) is 1. The molecule has 1 aliphatic heterocycles. The van der Waals surface area contributed by atoms with Gasteiger partial charge in [0.05, 0.1) is 22.1 Å². The Hall–Kier alpha value is -5.30. The predicted octanol–water partition coefficient (Wildman–Crippen LogP) is 4.91. The van der Waals surface area contributed by atoms with Gasteiger partial charge < -0.3 is 10.5 Å². The van der Waals surface area contributed by atoms with Crippen LogP contribution < -0.4 is 10.6 Å². The number of amides is 2. The third-order valence-corrected chi connectivity index (χ3v) is 8.51. The minimum atomic E-state index is -0.896. The number of aryl methyl sites for hydroxylation is 1. The zero-order valence-corrected chi connectivity index (χ0v) is 24.2. The minimum absolute atomic E-state index is 0.0629. The van der Waals surface area contributed by atoms with E-state index in [-0.39, 0.29) is 45.4 Å². The number of nitrogen functional groups attached to an aromatic ring is 1. The van der Waals surface area contributed by atoms with Crippen LogP contribution in [0, 0.1) is 29.6 Å². The van der Waals surface area contributed by atoms with Crippen LogP contribution in [-0.2, 0) is 14.3 Å². The Bertz CT molecular complexity index is 1840. The third-order valence-electron chi connectivity index (χ3n) is 6.65. The Balaban J connectivity index is 1.30. The number of hydrogen-bond donors (Lipinski definition) is 1. The molecule has 3 heterocycles. The molecule has 43 heavy (non-hydrogen) atoms. The lowest BCUT2D eigenvalue weighted by atomic mass is 9.99. The number of nitriles is 2. The number of thiophene rings is 1. The lowest BCUT2D eigenvalue weighted by Crippen LogP contribution is -2.31. The number of ketones is 1. The first-order valence-electron chi connectivity index (χ1n) is 12.8. The van der Waals surface area contributed by atoms with Crippen molar-refractivity contribution < 1.29 is 23.9 Å². The predicted molar refractivity (Wildman–Crippen MR) is 160 cm³/mol. The molecule has 0 saturated carbocycles. The molecule has 2 N–H and O–H groups in total. The molecule has 0 aliphatic carbocycles. The Morgan fingerprint density at radius 1 is 1.05 bits per heavy atom. The maximum absolute atomic E-state index is 13.4. The number of carbonyl (C=O) groups excluding carboxylic acids is 4. The number of thioether (sulfide) groups is 1. The van der Waals surface area contributed by atoms with Crippen LogP contribution in [-0.4, -0.2) is 40.4 Å². The van der Waals surface area contributed by atoms with Gasteiger partial charge in [-0.15, -0.1) is 0 Å². The summed E-state index contributed by atoms with van der Waals surface area (Å²) in [5, 5.41) is 22.5. The molecule has 4 aromatic rings. The van der Waals surface area contributed by atoms with Crippen molar-refractivity contribution in [1.82, 2.24) is 4.98 Å². The van der Waals surface area contributed by atoms with Crippen molar-refractivity contribution in [3.05, 3.63) is 93.2 Å². The maximum atomic E-state index is 13.4. The van der Waals surface area contributed by atoms with E-state index >= 15 is 0 Å². The highest BCUT2D eigenvalue weighted by atomic mass is 32.2. The number of rotatable bonds is 8. The fourth-order valence-corrected chi connectivity index (χ4v) is 6.23. The summed E-state index contributed by atoms with van der Waals surface area (Å²) in [5.74, 6) is -2.15. The van der Waals surface area contributed by atoms with E-state index in [4.69, 9.17) is 10.5 Å². The van der Waals surface area contributed by atoms with Crippen molar-refractivity contribution in [3.8, 4) is 23.3 Å². The van der Waals surface area contributed by atoms with Crippen LogP contribution in [0.2, 0.25) is 0 Å². The van der Waals surface area contributed by atoms with Gasteiger partial charge in [0.25, 0.3) is 0 Å². The van der Waals surface area contributed by atoms with Gasteiger partial charge in [-0.1, -0.05) is 41.6 Å². The van der Waals surface area contributed by atoms with Gasteiger partial charge in [0.1, 0.15) is 28.5 Å². The van der Waals surface area contributed by atoms with Crippen LogP contribution >= 0.6 is 23.1 Å². The van der Waals surface area contributed by atoms with Crippen LogP contribution in [0.3, 0.4) is 0 Å². The molecule has 10 nitrogen and oxygen atoms in total. The topological polar surface area (TPSA) is 167 Å². The largest absolute Gasteiger partial charge is 0.454 e. The number of imide groups is 1. The average Bonchev–Trinajstić information content (AvgIpc) is 3.63. The fraction of sp³-hybridized carbons (Fsp3) is 0.129. The second-order valence-electron chi connectivity index (χ2n) is 9.45. The van der Waals surface area contributed by atoms with E-state index in [1.165, 1.54) is 35.6 Å². The number of Topliss-reactive ketones (excluding diaryl/α,β-unsaturated/α-hetero) is 1. The number of benzene rings is 2. The fourth-order valence-electron chi connectivity index (χ4n) is 4.46. The standard InChI is InChI=1S/C31H21N5O5S2/c1-17-2-4-18(5-3-17)24(37)15-41-31(40)19-6-8-21(9-7-19)36-26(38)12-25(30(36)39)43-29-23(14-33)27(20-10-11-42-16-20)22(13-32)28(34)35-29/h2-11,16,25H,12,15H2,1H3,(H2,34,35). The molecule has 0 spiro atoms. The number of esters is 1.